The zero-order valence-corrected chi connectivity index (χ0v) is 15.6. The van der Waals surface area contributed by atoms with Crippen molar-refractivity contribution in [2.45, 2.75) is 38.4 Å². The lowest BCUT2D eigenvalue weighted by Gasteiger charge is -2.27. The highest BCUT2D eigenvalue weighted by Crippen LogP contribution is 2.26. The van der Waals surface area contributed by atoms with Gasteiger partial charge in [-0.05, 0) is 43.7 Å². The molecule has 0 spiro atoms. The highest BCUT2D eigenvalue weighted by molar-refractivity contribution is 6.01. The third-order valence-corrected chi connectivity index (χ3v) is 4.93. The molecule has 1 amide bonds. The maximum atomic E-state index is 13.6. The van der Waals surface area contributed by atoms with Crippen LogP contribution in [0.5, 0.6) is 0 Å². The molecule has 1 aromatic heterocycles. The van der Waals surface area contributed by atoms with Crippen molar-refractivity contribution in [2.75, 3.05) is 5.32 Å². The maximum absolute atomic E-state index is 13.6. The molecule has 2 unspecified atom stereocenters. The van der Waals surface area contributed by atoms with Crippen LogP contribution in [0.25, 0.3) is 0 Å². The molecule has 0 radical (unpaired) electrons. The number of nitrogens with one attached hydrogen (secondary N) is 2. The SMILES string of the molecule is CC1CC(Nc2ccc3n(c2=O)C(C)(Cc2cccc(F)c2)NC3=O)=NC=N1. The molecule has 3 heterocycles. The summed E-state index contributed by atoms with van der Waals surface area (Å²) in [5.41, 5.74) is -0.0601. The summed E-state index contributed by atoms with van der Waals surface area (Å²) in [6, 6.07) is 9.41. The van der Waals surface area contributed by atoms with Crippen LogP contribution in [0.2, 0.25) is 0 Å². The van der Waals surface area contributed by atoms with Crippen LogP contribution in [0, 0.1) is 5.82 Å². The summed E-state index contributed by atoms with van der Waals surface area (Å²) in [7, 11) is 0. The number of nitrogens with zero attached hydrogens (tertiary/aromatic N) is 3. The predicted octanol–water partition coefficient (Wildman–Crippen LogP) is 2.28. The number of rotatable bonds is 3. The van der Waals surface area contributed by atoms with E-state index in [1.165, 1.54) is 23.0 Å². The average molecular weight is 381 g/mol. The third-order valence-electron chi connectivity index (χ3n) is 4.93. The van der Waals surface area contributed by atoms with E-state index >= 15 is 0 Å². The van der Waals surface area contributed by atoms with Crippen molar-refractivity contribution in [2.24, 2.45) is 9.98 Å². The largest absolute Gasteiger partial charge is 0.339 e. The second kappa shape index (κ2) is 6.70. The van der Waals surface area contributed by atoms with Gasteiger partial charge in [-0.25, -0.2) is 9.38 Å². The average Bonchev–Trinajstić information content (AvgIpc) is 2.88. The Morgan fingerprint density at radius 3 is 2.89 bits per heavy atom. The van der Waals surface area contributed by atoms with Crippen LogP contribution in [0.4, 0.5) is 10.1 Å². The molecule has 2 aliphatic heterocycles. The molecule has 2 aromatic rings. The van der Waals surface area contributed by atoms with Gasteiger partial charge in [0, 0.05) is 12.8 Å². The Morgan fingerprint density at radius 2 is 2.14 bits per heavy atom. The Balaban J connectivity index is 1.72. The van der Waals surface area contributed by atoms with Gasteiger partial charge >= 0.3 is 0 Å². The maximum Gasteiger partial charge on any atom is 0.276 e. The third kappa shape index (κ3) is 3.21. The molecule has 7 nitrogen and oxygen atoms in total. The Morgan fingerprint density at radius 1 is 1.32 bits per heavy atom. The highest BCUT2D eigenvalue weighted by Gasteiger charge is 2.40. The number of hydrogen-bond acceptors (Lipinski definition) is 5. The Labute approximate surface area is 161 Å². The molecule has 8 heteroatoms. The van der Waals surface area contributed by atoms with E-state index in [-0.39, 0.29) is 35.4 Å². The highest BCUT2D eigenvalue weighted by atomic mass is 19.1. The van der Waals surface area contributed by atoms with E-state index in [0.717, 1.165) is 0 Å². The number of anilines is 1. The van der Waals surface area contributed by atoms with Gasteiger partial charge in [-0.2, -0.15) is 0 Å². The molecule has 2 N–H and O–H groups in total. The minimum atomic E-state index is -1.00. The van der Waals surface area contributed by atoms with Crippen LogP contribution >= 0.6 is 0 Å². The standard InChI is InChI=1S/C20H20FN5O2/c1-12-8-17(23-11-22-12)24-15-6-7-16-18(27)25-20(2,26(16)19(15)28)10-13-4-3-5-14(21)9-13/h3-7,9,11-12H,8,10H2,1-2H3,(H,25,27)(H,22,23,24). The second-order valence-electron chi connectivity index (χ2n) is 7.33. The first-order chi connectivity index (χ1) is 13.4. The van der Waals surface area contributed by atoms with E-state index in [1.807, 2.05) is 6.92 Å². The number of carbonyl (C=O) groups is 1. The van der Waals surface area contributed by atoms with Crippen LogP contribution in [-0.4, -0.2) is 28.7 Å². The molecular weight excluding hydrogens is 361 g/mol. The summed E-state index contributed by atoms with van der Waals surface area (Å²) in [6.07, 6.45) is 2.34. The van der Waals surface area contributed by atoms with E-state index in [1.54, 1.807) is 31.2 Å². The number of pyridine rings is 1. The van der Waals surface area contributed by atoms with Crippen molar-refractivity contribution < 1.29 is 9.18 Å². The summed E-state index contributed by atoms with van der Waals surface area (Å²) in [4.78, 5) is 34.0. The fourth-order valence-corrected chi connectivity index (χ4v) is 3.67. The van der Waals surface area contributed by atoms with Crippen LogP contribution in [-0.2, 0) is 12.1 Å². The van der Waals surface area contributed by atoms with Gasteiger partial charge in [-0.1, -0.05) is 12.1 Å². The van der Waals surface area contributed by atoms with Gasteiger partial charge in [0.25, 0.3) is 11.5 Å². The summed E-state index contributed by atoms with van der Waals surface area (Å²) in [5, 5.41) is 5.93. The van der Waals surface area contributed by atoms with E-state index in [2.05, 4.69) is 20.6 Å². The Kier molecular flexibility index (Phi) is 4.33. The number of halogens is 1. The van der Waals surface area contributed by atoms with Gasteiger partial charge in [0.05, 0.1) is 6.04 Å². The van der Waals surface area contributed by atoms with Crippen LogP contribution < -0.4 is 16.2 Å². The summed E-state index contributed by atoms with van der Waals surface area (Å²) in [6.45, 7) is 3.71. The smallest absolute Gasteiger partial charge is 0.276 e. The molecule has 1 aromatic carbocycles. The Hall–Kier alpha value is -3.29. The van der Waals surface area contributed by atoms with Gasteiger partial charge in [0.2, 0.25) is 0 Å². The number of aliphatic imine (C=N–C) groups is 2. The van der Waals surface area contributed by atoms with Crippen LogP contribution in [0.1, 0.15) is 36.3 Å². The lowest BCUT2D eigenvalue weighted by molar-refractivity contribution is 0.0927. The van der Waals surface area contributed by atoms with Crippen molar-refractivity contribution in [3.63, 3.8) is 0 Å². The number of benzene rings is 1. The van der Waals surface area contributed by atoms with Crippen molar-refractivity contribution in [3.8, 4) is 0 Å². The van der Waals surface area contributed by atoms with E-state index < -0.39 is 5.66 Å². The van der Waals surface area contributed by atoms with Gasteiger partial charge in [0.15, 0.2) is 0 Å². The number of hydrogen-bond donors (Lipinski definition) is 2. The normalized spacial score (nSPS) is 23.2. The molecule has 0 aliphatic carbocycles. The Bertz CT molecular complexity index is 1070. The summed E-state index contributed by atoms with van der Waals surface area (Å²) < 4.78 is 15.0. The van der Waals surface area contributed by atoms with Crippen LogP contribution in [0.15, 0.2) is 51.2 Å². The van der Waals surface area contributed by atoms with Crippen molar-refractivity contribution >= 4 is 23.8 Å². The predicted molar refractivity (Wildman–Crippen MR) is 106 cm³/mol. The molecule has 0 saturated carbocycles. The van der Waals surface area contributed by atoms with E-state index in [0.29, 0.717) is 23.5 Å². The molecule has 2 aliphatic rings. The molecular formula is C20H20FN5O2. The topological polar surface area (TPSA) is 87.9 Å². The van der Waals surface area contributed by atoms with Gasteiger partial charge in [-0.3, -0.25) is 19.1 Å². The fourth-order valence-electron chi connectivity index (χ4n) is 3.67. The molecule has 144 valence electrons. The quantitative estimate of drug-likeness (QED) is 0.855. The van der Waals surface area contributed by atoms with E-state index in [4.69, 9.17) is 0 Å². The zero-order valence-electron chi connectivity index (χ0n) is 15.6. The molecule has 0 fully saturated rings. The molecule has 28 heavy (non-hydrogen) atoms. The van der Waals surface area contributed by atoms with Gasteiger partial charge in [-0.15, -0.1) is 0 Å². The summed E-state index contributed by atoms with van der Waals surface area (Å²) in [5.74, 6) is -0.0536. The number of amidine groups is 1. The minimum Gasteiger partial charge on any atom is -0.339 e. The van der Waals surface area contributed by atoms with Crippen molar-refractivity contribution in [1.29, 1.82) is 0 Å². The number of amides is 1. The number of carbonyl (C=O) groups excluding carboxylic acids is 1. The molecule has 4 rings (SSSR count). The lowest BCUT2D eigenvalue weighted by atomic mass is 10.0. The van der Waals surface area contributed by atoms with Crippen molar-refractivity contribution in [3.05, 3.63) is 63.8 Å². The van der Waals surface area contributed by atoms with Gasteiger partial charge < -0.3 is 10.6 Å². The minimum absolute atomic E-state index is 0.0821. The molecule has 0 saturated heterocycles. The fraction of sp³-hybridized carbons (Fsp3) is 0.300. The van der Waals surface area contributed by atoms with Crippen LogP contribution in [0.3, 0.4) is 0 Å². The summed E-state index contributed by atoms with van der Waals surface area (Å²) >= 11 is 0. The monoisotopic (exact) mass is 381 g/mol. The zero-order chi connectivity index (χ0) is 19.9. The van der Waals surface area contributed by atoms with Crippen molar-refractivity contribution in [1.82, 2.24) is 9.88 Å². The number of fused-ring (bicyclic) bond motifs is 1. The first kappa shape index (κ1) is 18.1. The first-order valence-corrected chi connectivity index (χ1v) is 9.04. The lowest BCUT2D eigenvalue weighted by Crippen LogP contribution is -2.47. The van der Waals surface area contributed by atoms with Gasteiger partial charge in [0.1, 0.15) is 35.0 Å². The first-order valence-electron chi connectivity index (χ1n) is 9.04. The second-order valence-corrected chi connectivity index (χ2v) is 7.33. The molecule has 0 bridgehead atoms. The number of aromatic nitrogens is 1. The van der Waals surface area contributed by atoms with E-state index in [9.17, 15) is 14.0 Å². The molecule has 2 atom stereocenters.